The Morgan fingerprint density at radius 3 is 2.35 bits per heavy atom. The summed E-state index contributed by atoms with van der Waals surface area (Å²) in [5.74, 6) is 0.348. The van der Waals surface area contributed by atoms with Crippen molar-refractivity contribution >= 4 is 11.8 Å². The number of amides is 2. The Balaban J connectivity index is 1.61. The second kappa shape index (κ2) is 11.5. The summed E-state index contributed by atoms with van der Waals surface area (Å²) in [6.07, 6.45) is 2.07. The van der Waals surface area contributed by atoms with E-state index in [0.29, 0.717) is 46.6 Å². The van der Waals surface area contributed by atoms with Crippen molar-refractivity contribution in [2.24, 2.45) is 11.8 Å². The van der Waals surface area contributed by atoms with Gasteiger partial charge in [0, 0.05) is 37.8 Å². The molecular formula is C29H38FN3O4. The Hall–Kier alpha value is -3.13. The number of ether oxygens (including phenoxy) is 2. The normalized spacial score (nSPS) is 23.9. The van der Waals surface area contributed by atoms with E-state index in [1.165, 1.54) is 31.6 Å². The number of hydrogen-bond donors (Lipinski definition) is 1. The molecule has 37 heavy (non-hydrogen) atoms. The molecule has 0 spiro atoms. The topological polar surface area (TPSA) is 71.1 Å². The number of likely N-dealkylation sites (tertiary alicyclic amines) is 1. The molecule has 1 fully saturated rings. The molecule has 2 amide bonds. The summed E-state index contributed by atoms with van der Waals surface area (Å²) < 4.78 is 25.9. The number of carbonyl (C=O) groups is 2. The number of nitrogens with zero attached hydrogens (tertiary/aromatic N) is 2. The number of piperidine rings is 1. The molecule has 2 aliphatic rings. The van der Waals surface area contributed by atoms with Crippen molar-refractivity contribution in [1.82, 2.24) is 15.1 Å². The summed E-state index contributed by atoms with van der Waals surface area (Å²) in [6.45, 7) is 8.15. The minimum Gasteiger partial charge on any atom is -0.493 e. The van der Waals surface area contributed by atoms with Gasteiger partial charge in [0.05, 0.1) is 26.2 Å². The quantitative estimate of drug-likeness (QED) is 0.537. The fourth-order valence-electron chi connectivity index (χ4n) is 6.03. The van der Waals surface area contributed by atoms with Gasteiger partial charge in [-0.15, -0.1) is 0 Å². The summed E-state index contributed by atoms with van der Waals surface area (Å²) in [5.41, 5.74) is 1.16. The van der Waals surface area contributed by atoms with E-state index in [4.69, 9.17) is 9.47 Å². The first kappa shape index (κ1) is 26.9. The number of benzene rings is 2. The minimum absolute atomic E-state index is 0.249. The lowest BCUT2D eigenvalue weighted by atomic mass is 9.79. The summed E-state index contributed by atoms with van der Waals surface area (Å²) in [5, 5.41) is 3.08. The van der Waals surface area contributed by atoms with Crippen molar-refractivity contribution in [3.05, 3.63) is 58.9 Å². The van der Waals surface area contributed by atoms with Gasteiger partial charge in [-0.05, 0) is 55.0 Å². The highest BCUT2D eigenvalue weighted by Crippen LogP contribution is 2.46. The first-order valence-corrected chi connectivity index (χ1v) is 13.0. The third kappa shape index (κ3) is 5.59. The van der Waals surface area contributed by atoms with Crippen molar-refractivity contribution in [3.8, 4) is 11.5 Å². The van der Waals surface area contributed by atoms with E-state index in [-0.39, 0.29) is 11.8 Å². The van der Waals surface area contributed by atoms with Crippen LogP contribution in [-0.2, 0) is 4.79 Å². The first-order chi connectivity index (χ1) is 17.7. The Bertz CT molecular complexity index is 1130. The Morgan fingerprint density at radius 1 is 1.05 bits per heavy atom. The fraction of sp³-hybridized carbons (Fsp3) is 0.517. The van der Waals surface area contributed by atoms with E-state index in [0.717, 1.165) is 26.1 Å². The van der Waals surface area contributed by atoms with Crippen LogP contribution in [0.2, 0.25) is 0 Å². The number of likely N-dealkylation sites (N-methyl/N-ethyl adjacent to an activating group) is 1. The number of methoxy groups -OCH3 is 2. The van der Waals surface area contributed by atoms with Crippen LogP contribution in [0.1, 0.15) is 60.1 Å². The van der Waals surface area contributed by atoms with Crippen molar-refractivity contribution in [1.29, 1.82) is 0 Å². The standard InChI is InChI=1S/C29H38FN3O4/c1-18-13-19(2)17-33(16-18)12-8-11-31-28(34)26-21-14-24(36-4)25(37-5)15-22(21)29(35)32(3)27(26)20-9-6-7-10-23(20)30/h6-7,9-10,14-15,18-19,26-27H,8,11-13,16-17H2,1-5H3,(H,31,34)/t18-,19+,26-,27-/m0/s1. The van der Waals surface area contributed by atoms with E-state index in [1.807, 2.05) is 0 Å². The van der Waals surface area contributed by atoms with Crippen LogP contribution >= 0.6 is 0 Å². The summed E-state index contributed by atoms with van der Waals surface area (Å²) >= 11 is 0. The lowest BCUT2D eigenvalue weighted by molar-refractivity contribution is -0.124. The molecule has 8 heteroatoms. The van der Waals surface area contributed by atoms with Gasteiger partial charge < -0.3 is 24.6 Å². The average Bonchev–Trinajstić information content (AvgIpc) is 2.87. The molecule has 4 rings (SSSR count). The lowest BCUT2D eigenvalue weighted by Gasteiger charge is -2.40. The maximum atomic E-state index is 15.0. The van der Waals surface area contributed by atoms with Crippen LogP contribution in [0.5, 0.6) is 11.5 Å². The van der Waals surface area contributed by atoms with Crippen LogP contribution < -0.4 is 14.8 Å². The summed E-state index contributed by atoms with van der Waals surface area (Å²) in [6, 6.07) is 8.78. The Kier molecular flexibility index (Phi) is 8.37. The predicted molar refractivity (Wildman–Crippen MR) is 141 cm³/mol. The second-order valence-electron chi connectivity index (χ2n) is 10.5. The van der Waals surface area contributed by atoms with E-state index in [1.54, 1.807) is 37.4 Å². The van der Waals surface area contributed by atoms with Gasteiger partial charge in [-0.25, -0.2) is 4.39 Å². The van der Waals surface area contributed by atoms with Crippen molar-refractivity contribution in [3.63, 3.8) is 0 Å². The van der Waals surface area contributed by atoms with Gasteiger partial charge in [-0.3, -0.25) is 9.59 Å². The lowest BCUT2D eigenvalue weighted by Crippen LogP contribution is -2.46. The van der Waals surface area contributed by atoms with Gasteiger partial charge in [0.25, 0.3) is 5.91 Å². The van der Waals surface area contributed by atoms with Crippen LogP contribution in [-0.4, -0.2) is 69.1 Å². The maximum Gasteiger partial charge on any atom is 0.254 e. The molecule has 0 aromatic heterocycles. The highest BCUT2D eigenvalue weighted by Gasteiger charge is 2.44. The number of nitrogens with one attached hydrogen (secondary N) is 1. The maximum absolute atomic E-state index is 15.0. The third-order valence-corrected chi connectivity index (χ3v) is 7.58. The van der Waals surface area contributed by atoms with Crippen LogP contribution in [0, 0.1) is 17.7 Å². The number of rotatable bonds is 8. The van der Waals surface area contributed by atoms with Crippen molar-refractivity contribution in [2.45, 2.75) is 38.6 Å². The zero-order valence-electron chi connectivity index (χ0n) is 22.4. The van der Waals surface area contributed by atoms with Crippen LogP contribution in [0.15, 0.2) is 36.4 Å². The molecule has 2 aromatic carbocycles. The molecule has 1 saturated heterocycles. The Labute approximate surface area is 218 Å². The number of carbonyl (C=O) groups excluding carboxylic acids is 2. The highest BCUT2D eigenvalue weighted by molar-refractivity contribution is 6.02. The molecule has 0 aliphatic carbocycles. The molecular weight excluding hydrogens is 473 g/mol. The summed E-state index contributed by atoms with van der Waals surface area (Å²) in [7, 11) is 4.61. The molecule has 0 radical (unpaired) electrons. The van der Waals surface area contributed by atoms with Gasteiger partial charge in [0.2, 0.25) is 5.91 Å². The van der Waals surface area contributed by atoms with Crippen LogP contribution in [0.3, 0.4) is 0 Å². The molecule has 2 aliphatic heterocycles. The average molecular weight is 512 g/mol. The van der Waals surface area contributed by atoms with Crippen LogP contribution in [0.25, 0.3) is 0 Å². The first-order valence-electron chi connectivity index (χ1n) is 13.0. The minimum atomic E-state index is -0.815. The van der Waals surface area contributed by atoms with Gasteiger partial charge in [0.1, 0.15) is 5.82 Å². The summed E-state index contributed by atoms with van der Waals surface area (Å²) in [4.78, 5) is 31.1. The van der Waals surface area contributed by atoms with E-state index in [9.17, 15) is 9.59 Å². The monoisotopic (exact) mass is 511 g/mol. The molecule has 2 heterocycles. The third-order valence-electron chi connectivity index (χ3n) is 7.58. The fourth-order valence-corrected chi connectivity index (χ4v) is 6.03. The van der Waals surface area contributed by atoms with Gasteiger partial charge >= 0.3 is 0 Å². The van der Waals surface area contributed by atoms with Crippen LogP contribution in [0.4, 0.5) is 4.39 Å². The Morgan fingerprint density at radius 2 is 1.70 bits per heavy atom. The number of halogens is 1. The van der Waals surface area contributed by atoms with Crippen molar-refractivity contribution in [2.75, 3.05) is 47.4 Å². The zero-order valence-corrected chi connectivity index (χ0v) is 22.4. The number of fused-ring (bicyclic) bond motifs is 1. The second-order valence-corrected chi connectivity index (χ2v) is 10.5. The van der Waals surface area contributed by atoms with E-state index >= 15 is 4.39 Å². The molecule has 4 atom stereocenters. The van der Waals surface area contributed by atoms with Gasteiger partial charge in [-0.1, -0.05) is 32.0 Å². The molecule has 0 saturated carbocycles. The smallest absolute Gasteiger partial charge is 0.254 e. The zero-order chi connectivity index (χ0) is 26.7. The largest absolute Gasteiger partial charge is 0.493 e. The number of hydrogen-bond acceptors (Lipinski definition) is 5. The molecule has 1 N–H and O–H groups in total. The molecule has 0 unspecified atom stereocenters. The van der Waals surface area contributed by atoms with Gasteiger partial charge in [-0.2, -0.15) is 0 Å². The van der Waals surface area contributed by atoms with E-state index in [2.05, 4.69) is 24.1 Å². The highest BCUT2D eigenvalue weighted by atomic mass is 19.1. The molecule has 0 bridgehead atoms. The molecule has 7 nitrogen and oxygen atoms in total. The molecule has 200 valence electrons. The van der Waals surface area contributed by atoms with Crippen molar-refractivity contribution < 1.29 is 23.5 Å². The predicted octanol–water partition coefficient (Wildman–Crippen LogP) is 4.24. The molecule has 2 aromatic rings. The van der Waals surface area contributed by atoms with E-state index < -0.39 is 17.8 Å². The SMILES string of the molecule is COc1cc2c(cc1OC)[C@H](C(=O)NCCCN1C[C@H](C)C[C@H](C)C1)[C@H](c1ccccc1F)N(C)C2=O. The van der Waals surface area contributed by atoms with Gasteiger partial charge in [0.15, 0.2) is 11.5 Å².